The molecule has 3 aromatic carbocycles. The normalized spacial score (nSPS) is 14.1. The standard InChI is InChI=1S/C28H26BrN3O5/c1-17-4-8-19(9-5-17)16-37-26-22(29)12-20(14-24(26)36-3)13-23-27(34)32(28(35)31-23)15-25(33)30-21-10-6-18(2)7-11-21/h4-14H,15-16H2,1-3H3,(H,30,33)(H,31,35)/b23-13+. The van der Waals surface area contributed by atoms with Gasteiger partial charge in [0.2, 0.25) is 5.91 Å². The van der Waals surface area contributed by atoms with Crippen molar-refractivity contribution in [3.8, 4) is 11.5 Å². The van der Waals surface area contributed by atoms with Gasteiger partial charge >= 0.3 is 6.03 Å². The summed E-state index contributed by atoms with van der Waals surface area (Å²) in [6, 6.07) is 18.0. The maximum Gasteiger partial charge on any atom is 0.329 e. The SMILES string of the molecule is COc1cc(/C=C2/NC(=O)N(CC(=O)Nc3ccc(C)cc3)C2=O)cc(Br)c1OCc1ccc(C)cc1. The van der Waals surface area contributed by atoms with Crippen LogP contribution >= 0.6 is 15.9 Å². The lowest BCUT2D eigenvalue weighted by Crippen LogP contribution is -2.38. The average Bonchev–Trinajstić information content (AvgIpc) is 3.12. The minimum Gasteiger partial charge on any atom is -0.493 e. The van der Waals surface area contributed by atoms with Crippen LogP contribution in [-0.2, 0) is 16.2 Å². The van der Waals surface area contributed by atoms with Gasteiger partial charge in [-0.15, -0.1) is 0 Å². The number of rotatable bonds is 8. The molecule has 1 fully saturated rings. The smallest absolute Gasteiger partial charge is 0.329 e. The number of methoxy groups -OCH3 is 1. The van der Waals surface area contributed by atoms with Crippen molar-refractivity contribution >= 4 is 45.5 Å². The number of urea groups is 1. The third-order valence-electron chi connectivity index (χ3n) is 5.67. The van der Waals surface area contributed by atoms with Gasteiger partial charge < -0.3 is 20.1 Å². The molecule has 0 radical (unpaired) electrons. The number of amides is 4. The number of halogens is 1. The second kappa shape index (κ2) is 11.3. The van der Waals surface area contributed by atoms with Gasteiger partial charge in [0, 0.05) is 5.69 Å². The zero-order valence-corrected chi connectivity index (χ0v) is 22.2. The number of hydrogen-bond acceptors (Lipinski definition) is 5. The molecule has 0 unspecified atom stereocenters. The molecule has 4 rings (SSSR count). The van der Waals surface area contributed by atoms with Crippen molar-refractivity contribution in [2.45, 2.75) is 20.5 Å². The summed E-state index contributed by atoms with van der Waals surface area (Å²) in [5, 5.41) is 5.22. The first-order valence-corrected chi connectivity index (χ1v) is 12.3. The molecular formula is C28H26BrN3O5. The van der Waals surface area contributed by atoms with E-state index in [9.17, 15) is 14.4 Å². The van der Waals surface area contributed by atoms with E-state index in [1.54, 1.807) is 24.3 Å². The quantitative estimate of drug-likeness (QED) is 0.290. The molecule has 1 aliphatic heterocycles. The monoisotopic (exact) mass is 563 g/mol. The molecule has 4 amide bonds. The molecule has 0 bridgehead atoms. The Morgan fingerprint density at radius 3 is 2.32 bits per heavy atom. The number of nitrogens with one attached hydrogen (secondary N) is 2. The Morgan fingerprint density at radius 2 is 1.68 bits per heavy atom. The summed E-state index contributed by atoms with van der Waals surface area (Å²) in [6.07, 6.45) is 1.52. The van der Waals surface area contributed by atoms with Gasteiger partial charge in [0.15, 0.2) is 11.5 Å². The van der Waals surface area contributed by atoms with E-state index in [1.807, 2.05) is 50.2 Å². The van der Waals surface area contributed by atoms with Crippen LogP contribution in [-0.4, -0.2) is 36.4 Å². The molecular weight excluding hydrogens is 538 g/mol. The minimum absolute atomic E-state index is 0.0513. The van der Waals surface area contributed by atoms with Crippen molar-refractivity contribution in [3.05, 3.63) is 93.1 Å². The van der Waals surface area contributed by atoms with Crippen molar-refractivity contribution < 1.29 is 23.9 Å². The number of carbonyl (C=O) groups is 3. The van der Waals surface area contributed by atoms with E-state index < -0.39 is 24.4 Å². The first kappa shape index (κ1) is 26.0. The number of ether oxygens (including phenoxy) is 2. The van der Waals surface area contributed by atoms with Crippen LogP contribution in [0, 0.1) is 13.8 Å². The lowest BCUT2D eigenvalue weighted by Gasteiger charge is -2.14. The molecule has 0 atom stereocenters. The molecule has 2 N–H and O–H groups in total. The second-order valence-corrected chi connectivity index (χ2v) is 9.46. The zero-order chi connectivity index (χ0) is 26.5. The third-order valence-corrected chi connectivity index (χ3v) is 6.25. The average molecular weight is 564 g/mol. The van der Waals surface area contributed by atoms with Gasteiger partial charge in [-0.2, -0.15) is 0 Å². The van der Waals surface area contributed by atoms with E-state index in [-0.39, 0.29) is 5.70 Å². The highest BCUT2D eigenvalue weighted by molar-refractivity contribution is 9.10. The Bertz CT molecular complexity index is 1370. The lowest BCUT2D eigenvalue weighted by atomic mass is 10.1. The number of benzene rings is 3. The fraction of sp³-hybridized carbons (Fsp3) is 0.179. The van der Waals surface area contributed by atoms with Crippen LogP contribution < -0.4 is 20.1 Å². The topological polar surface area (TPSA) is 97.0 Å². The summed E-state index contributed by atoms with van der Waals surface area (Å²) in [4.78, 5) is 38.6. The van der Waals surface area contributed by atoms with E-state index >= 15 is 0 Å². The molecule has 190 valence electrons. The van der Waals surface area contributed by atoms with Gasteiger partial charge in [-0.1, -0.05) is 47.5 Å². The molecule has 8 nitrogen and oxygen atoms in total. The van der Waals surface area contributed by atoms with Crippen LogP contribution in [0.4, 0.5) is 10.5 Å². The van der Waals surface area contributed by atoms with Gasteiger partial charge in [0.25, 0.3) is 5.91 Å². The van der Waals surface area contributed by atoms with Crippen molar-refractivity contribution in [3.63, 3.8) is 0 Å². The van der Waals surface area contributed by atoms with Crippen LogP contribution in [0.1, 0.15) is 22.3 Å². The zero-order valence-electron chi connectivity index (χ0n) is 20.6. The van der Waals surface area contributed by atoms with E-state index in [0.717, 1.165) is 16.0 Å². The summed E-state index contributed by atoms with van der Waals surface area (Å²) >= 11 is 3.51. The Morgan fingerprint density at radius 1 is 1.03 bits per heavy atom. The van der Waals surface area contributed by atoms with E-state index in [2.05, 4.69) is 26.6 Å². The van der Waals surface area contributed by atoms with Crippen LogP contribution in [0.3, 0.4) is 0 Å². The fourth-order valence-corrected chi connectivity index (χ4v) is 4.24. The van der Waals surface area contributed by atoms with Gasteiger partial charge in [-0.05, 0) is 71.2 Å². The van der Waals surface area contributed by atoms with Crippen LogP contribution in [0.25, 0.3) is 6.08 Å². The number of imide groups is 1. The highest BCUT2D eigenvalue weighted by atomic mass is 79.9. The molecule has 0 aliphatic carbocycles. The van der Waals surface area contributed by atoms with Crippen molar-refractivity contribution in [2.24, 2.45) is 0 Å². The first-order valence-electron chi connectivity index (χ1n) is 11.5. The molecule has 1 heterocycles. The summed E-state index contributed by atoms with van der Waals surface area (Å²) < 4.78 is 12.1. The van der Waals surface area contributed by atoms with Crippen molar-refractivity contribution in [1.82, 2.24) is 10.2 Å². The molecule has 9 heteroatoms. The first-order chi connectivity index (χ1) is 17.7. The number of anilines is 1. The molecule has 0 saturated carbocycles. The highest BCUT2D eigenvalue weighted by Crippen LogP contribution is 2.38. The van der Waals surface area contributed by atoms with E-state index in [1.165, 1.54) is 18.7 Å². The van der Waals surface area contributed by atoms with Gasteiger partial charge in [0.05, 0.1) is 11.6 Å². The van der Waals surface area contributed by atoms with Crippen LogP contribution in [0.15, 0.2) is 70.8 Å². The fourth-order valence-electron chi connectivity index (χ4n) is 3.67. The molecule has 1 aliphatic rings. The molecule has 1 saturated heterocycles. The Labute approximate surface area is 223 Å². The number of hydrogen-bond donors (Lipinski definition) is 2. The number of nitrogens with zero attached hydrogens (tertiary/aromatic N) is 1. The van der Waals surface area contributed by atoms with E-state index in [4.69, 9.17) is 9.47 Å². The van der Waals surface area contributed by atoms with E-state index in [0.29, 0.717) is 33.8 Å². The Hall–Kier alpha value is -4.11. The Balaban J connectivity index is 1.46. The van der Waals surface area contributed by atoms with Crippen molar-refractivity contribution in [2.75, 3.05) is 19.0 Å². The second-order valence-electron chi connectivity index (χ2n) is 8.60. The highest BCUT2D eigenvalue weighted by Gasteiger charge is 2.35. The summed E-state index contributed by atoms with van der Waals surface area (Å²) in [7, 11) is 1.52. The summed E-state index contributed by atoms with van der Waals surface area (Å²) in [6.45, 7) is 3.90. The number of aryl methyl sites for hydroxylation is 2. The van der Waals surface area contributed by atoms with Gasteiger partial charge in [-0.25, -0.2) is 9.69 Å². The number of carbonyl (C=O) groups excluding carboxylic acids is 3. The predicted molar refractivity (Wildman–Crippen MR) is 144 cm³/mol. The minimum atomic E-state index is -0.667. The van der Waals surface area contributed by atoms with Gasteiger partial charge in [-0.3, -0.25) is 9.59 Å². The summed E-state index contributed by atoms with van der Waals surface area (Å²) in [5.74, 6) is -0.104. The van der Waals surface area contributed by atoms with Crippen LogP contribution in [0.2, 0.25) is 0 Å². The van der Waals surface area contributed by atoms with Crippen molar-refractivity contribution in [1.29, 1.82) is 0 Å². The lowest BCUT2D eigenvalue weighted by molar-refractivity contribution is -0.127. The maximum atomic E-state index is 12.9. The largest absolute Gasteiger partial charge is 0.493 e. The van der Waals surface area contributed by atoms with Gasteiger partial charge in [0.1, 0.15) is 18.8 Å². The molecule has 37 heavy (non-hydrogen) atoms. The van der Waals surface area contributed by atoms with Crippen LogP contribution in [0.5, 0.6) is 11.5 Å². The third kappa shape index (κ3) is 6.37. The predicted octanol–water partition coefficient (Wildman–Crippen LogP) is 5.18. The molecule has 0 aromatic heterocycles. The molecule has 0 spiro atoms. The summed E-state index contributed by atoms with van der Waals surface area (Å²) in [5.41, 5.74) is 4.46. The maximum absolute atomic E-state index is 12.9. The Kier molecular flexibility index (Phi) is 7.93. The molecule has 3 aromatic rings.